The Balaban J connectivity index is 1.34. The fourth-order valence-corrected chi connectivity index (χ4v) is 4.76. The molecule has 1 unspecified atom stereocenters. The number of rotatable bonds is 7. The number of halogens is 1. The number of nitrogens with zero attached hydrogens (tertiary/aromatic N) is 1. The molecule has 198 valence electrons. The number of hydrogen-bond acceptors (Lipinski definition) is 4. The first-order chi connectivity index (χ1) is 18.8. The van der Waals surface area contributed by atoms with Crippen molar-refractivity contribution >= 4 is 17.6 Å². The van der Waals surface area contributed by atoms with Crippen molar-refractivity contribution in [3.05, 3.63) is 119 Å². The number of carbonyl (C=O) groups excluding carboxylic acids is 1. The fourth-order valence-electron chi connectivity index (χ4n) is 4.76. The summed E-state index contributed by atoms with van der Waals surface area (Å²) in [5.41, 5.74) is 5.93. The molecule has 0 aliphatic carbocycles. The monoisotopic (exact) mass is 524 g/mol. The second kappa shape index (κ2) is 11.0. The van der Waals surface area contributed by atoms with Crippen LogP contribution >= 0.6 is 0 Å². The number of anilines is 1. The van der Waals surface area contributed by atoms with Gasteiger partial charge in [-0.05, 0) is 78.1 Å². The summed E-state index contributed by atoms with van der Waals surface area (Å²) < 4.78 is 19.9. The normalized spacial score (nSPS) is 13.3. The van der Waals surface area contributed by atoms with E-state index < -0.39 is 5.97 Å². The number of hydrogen-bond donors (Lipinski definition) is 2. The Hall–Kier alpha value is -4.65. The molecule has 0 aromatic heterocycles. The molecule has 7 heteroatoms. The second-order valence-corrected chi connectivity index (χ2v) is 9.70. The van der Waals surface area contributed by atoms with Gasteiger partial charge in [0.25, 0.3) is 5.91 Å². The van der Waals surface area contributed by atoms with Crippen LogP contribution in [-0.4, -0.2) is 30.1 Å². The standard InChI is InChI=1S/C32H29FN2O4/c1-20-7-8-24(17-28(20)33)21(2)34-31(36)25-13-14-29-30(18-25)39-16-15-35(29)19-26-5-3-4-6-27(26)22-9-11-23(12-10-22)32(37)38/h3-14,17-18,21H,15-16,19H2,1-2H3,(H,34,36)(H,37,38). The predicted molar refractivity (Wildman–Crippen MR) is 149 cm³/mol. The molecular weight excluding hydrogens is 495 g/mol. The molecule has 1 aliphatic heterocycles. The SMILES string of the molecule is Cc1ccc(C(C)NC(=O)c2ccc3c(c2)OCCN3Cc2ccccc2-c2ccc(C(=O)O)cc2)cc1F. The molecule has 0 saturated carbocycles. The fraction of sp³-hybridized carbons (Fsp3) is 0.188. The number of amides is 1. The molecule has 1 amide bonds. The van der Waals surface area contributed by atoms with E-state index >= 15 is 0 Å². The lowest BCUT2D eigenvalue weighted by molar-refractivity contribution is 0.0696. The van der Waals surface area contributed by atoms with Gasteiger partial charge in [0.1, 0.15) is 18.2 Å². The van der Waals surface area contributed by atoms with Crippen molar-refractivity contribution in [1.82, 2.24) is 5.32 Å². The lowest BCUT2D eigenvalue weighted by Crippen LogP contribution is -2.33. The third-order valence-electron chi connectivity index (χ3n) is 7.05. The van der Waals surface area contributed by atoms with E-state index in [1.807, 2.05) is 49.4 Å². The van der Waals surface area contributed by atoms with Crippen LogP contribution in [0.3, 0.4) is 0 Å². The summed E-state index contributed by atoms with van der Waals surface area (Å²) in [6, 6.07) is 24.9. The van der Waals surface area contributed by atoms with Crippen LogP contribution < -0.4 is 15.0 Å². The summed E-state index contributed by atoms with van der Waals surface area (Å²) in [6.07, 6.45) is 0. The molecule has 0 radical (unpaired) electrons. The number of nitrogens with one attached hydrogen (secondary N) is 1. The number of ether oxygens (including phenoxy) is 1. The van der Waals surface area contributed by atoms with E-state index in [1.54, 1.807) is 37.3 Å². The Morgan fingerprint density at radius 1 is 1.00 bits per heavy atom. The molecule has 1 aliphatic rings. The van der Waals surface area contributed by atoms with Crippen LogP contribution in [0.5, 0.6) is 5.75 Å². The van der Waals surface area contributed by atoms with Crippen LogP contribution in [0.4, 0.5) is 10.1 Å². The first-order valence-electron chi connectivity index (χ1n) is 12.8. The summed E-state index contributed by atoms with van der Waals surface area (Å²) in [4.78, 5) is 26.5. The number of carbonyl (C=O) groups is 2. The third-order valence-corrected chi connectivity index (χ3v) is 7.05. The summed E-state index contributed by atoms with van der Waals surface area (Å²) in [6.45, 7) is 5.31. The highest BCUT2D eigenvalue weighted by atomic mass is 19.1. The van der Waals surface area contributed by atoms with Gasteiger partial charge in [0.2, 0.25) is 0 Å². The number of carboxylic acids is 1. The first-order valence-corrected chi connectivity index (χ1v) is 12.8. The van der Waals surface area contributed by atoms with Crippen molar-refractivity contribution in [1.29, 1.82) is 0 Å². The topological polar surface area (TPSA) is 78.9 Å². The maximum absolute atomic E-state index is 14.0. The summed E-state index contributed by atoms with van der Waals surface area (Å²) in [5.74, 6) is -0.880. The highest BCUT2D eigenvalue weighted by molar-refractivity contribution is 5.95. The molecule has 4 aromatic carbocycles. The summed E-state index contributed by atoms with van der Waals surface area (Å²) in [7, 11) is 0. The summed E-state index contributed by atoms with van der Waals surface area (Å²) >= 11 is 0. The minimum absolute atomic E-state index is 0.249. The van der Waals surface area contributed by atoms with Gasteiger partial charge in [-0.15, -0.1) is 0 Å². The number of aryl methyl sites for hydroxylation is 1. The maximum atomic E-state index is 14.0. The van der Waals surface area contributed by atoms with E-state index in [9.17, 15) is 19.1 Å². The van der Waals surface area contributed by atoms with Gasteiger partial charge in [0.15, 0.2) is 0 Å². The zero-order chi connectivity index (χ0) is 27.5. The van der Waals surface area contributed by atoms with Crippen LogP contribution in [0, 0.1) is 12.7 Å². The van der Waals surface area contributed by atoms with Crippen molar-refractivity contribution in [2.45, 2.75) is 26.4 Å². The largest absolute Gasteiger partial charge is 0.490 e. The smallest absolute Gasteiger partial charge is 0.335 e. The molecule has 0 bridgehead atoms. The van der Waals surface area contributed by atoms with Crippen LogP contribution in [0.2, 0.25) is 0 Å². The predicted octanol–water partition coefficient (Wildman–Crippen LogP) is 6.39. The van der Waals surface area contributed by atoms with Crippen molar-refractivity contribution in [3.63, 3.8) is 0 Å². The zero-order valence-corrected chi connectivity index (χ0v) is 21.8. The molecular formula is C32H29FN2O4. The van der Waals surface area contributed by atoms with Gasteiger partial charge in [0.05, 0.1) is 23.8 Å². The van der Waals surface area contributed by atoms with Crippen LogP contribution in [0.1, 0.15) is 50.4 Å². The van der Waals surface area contributed by atoms with Gasteiger partial charge >= 0.3 is 5.97 Å². The highest BCUT2D eigenvalue weighted by Gasteiger charge is 2.22. The Morgan fingerprint density at radius 2 is 1.74 bits per heavy atom. The van der Waals surface area contributed by atoms with E-state index in [-0.39, 0.29) is 23.3 Å². The zero-order valence-electron chi connectivity index (χ0n) is 21.8. The molecule has 4 aromatic rings. The van der Waals surface area contributed by atoms with Gasteiger partial charge in [-0.2, -0.15) is 0 Å². The Morgan fingerprint density at radius 3 is 2.49 bits per heavy atom. The van der Waals surface area contributed by atoms with E-state index in [4.69, 9.17) is 4.74 Å². The lowest BCUT2D eigenvalue weighted by Gasteiger charge is -2.32. The van der Waals surface area contributed by atoms with Crippen LogP contribution in [0.15, 0.2) is 84.9 Å². The van der Waals surface area contributed by atoms with Gasteiger partial charge < -0.3 is 20.1 Å². The minimum atomic E-state index is -0.952. The quantitative estimate of drug-likeness (QED) is 0.293. The van der Waals surface area contributed by atoms with Gasteiger partial charge in [-0.25, -0.2) is 9.18 Å². The number of benzene rings is 4. The van der Waals surface area contributed by atoms with Crippen molar-refractivity contribution < 1.29 is 23.8 Å². The number of aromatic carboxylic acids is 1. The molecule has 6 nitrogen and oxygen atoms in total. The second-order valence-electron chi connectivity index (χ2n) is 9.70. The number of fused-ring (bicyclic) bond motifs is 1. The van der Waals surface area contributed by atoms with Crippen molar-refractivity contribution in [2.24, 2.45) is 0 Å². The van der Waals surface area contributed by atoms with Crippen LogP contribution in [0.25, 0.3) is 11.1 Å². The minimum Gasteiger partial charge on any atom is -0.490 e. The Bertz CT molecular complexity index is 1530. The molecule has 1 heterocycles. The van der Waals surface area contributed by atoms with Gasteiger partial charge in [-0.3, -0.25) is 4.79 Å². The highest BCUT2D eigenvalue weighted by Crippen LogP contribution is 2.35. The first kappa shape index (κ1) is 26.0. The van der Waals surface area contributed by atoms with E-state index in [1.165, 1.54) is 6.07 Å². The maximum Gasteiger partial charge on any atom is 0.335 e. The number of carboxylic acid groups (broad SMARTS) is 1. The molecule has 1 atom stereocenters. The molecule has 0 spiro atoms. The van der Waals surface area contributed by atoms with Gasteiger partial charge in [-0.1, -0.05) is 48.5 Å². The van der Waals surface area contributed by atoms with E-state index in [0.717, 1.165) is 22.4 Å². The molecule has 2 N–H and O–H groups in total. The Kier molecular flexibility index (Phi) is 7.32. The van der Waals surface area contributed by atoms with E-state index in [2.05, 4.69) is 16.3 Å². The van der Waals surface area contributed by atoms with Crippen LogP contribution in [-0.2, 0) is 6.54 Å². The average molecular weight is 525 g/mol. The van der Waals surface area contributed by atoms with E-state index in [0.29, 0.717) is 42.1 Å². The molecule has 0 saturated heterocycles. The van der Waals surface area contributed by atoms with Crippen molar-refractivity contribution in [2.75, 3.05) is 18.1 Å². The van der Waals surface area contributed by atoms with Crippen molar-refractivity contribution in [3.8, 4) is 16.9 Å². The molecule has 0 fully saturated rings. The third kappa shape index (κ3) is 5.62. The average Bonchev–Trinajstić information content (AvgIpc) is 2.94. The molecule has 5 rings (SSSR count). The molecule has 39 heavy (non-hydrogen) atoms. The lowest BCUT2D eigenvalue weighted by atomic mass is 9.98. The summed E-state index contributed by atoms with van der Waals surface area (Å²) in [5, 5.41) is 12.2. The Labute approximate surface area is 226 Å². The van der Waals surface area contributed by atoms with Gasteiger partial charge in [0, 0.05) is 12.1 Å².